The van der Waals surface area contributed by atoms with Gasteiger partial charge in [-0.25, -0.2) is 9.50 Å². The smallest absolute Gasteiger partial charge is 0.251 e. The van der Waals surface area contributed by atoms with Crippen molar-refractivity contribution in [1.29, 1.82) is 0 Å². The standard InChI is InChI=1S/C24H31N5O/c1-4-22-21(23-27-16(2)13-17(3)29(23)28-22)14-18-5-7-20(8-6-18)24(30)26-15-19-9-11-25-12-10-19/h5-8,13,19,25H,4,9-12,14-15H2,1-3H3,(H,26,30). The molecule has 6 nitrogen and oxygen atoms in total. The minimum absolute atomic E-state index is 0.0122. The van der Waals surface area contributed by atoms with Crippen LogP contribution in [0.15, 0.2) is 30.3 Å². The van der Waals surface area contributed by atoms with Crippen molar-refractivity contribution in [3.8, 4) is 0 Å². The third-order valence-electron chi connectivity index (χ3n) is 6.02. The minimum atomic E-state index is 0.0122. The number of aromatic nitrogens is 3. The highest BCUT2D eigenvalue weighted by molar-refractivity contribution is 5.94. The van der Waals surface area contributed by atoms with Gasteiger partial charge in [0.1, 0.15) is 0 Å². The van der Waals surface area contributed by atoms with Gasteiger partial charge in [-0.2, -0.15) is 5.10 Å². The Balaban J connectivity index is 1.48. The van der Waals surface area contributed by atoms with Crippen molar-refractivity contribution in [2.24, 2.45) is 5.92 Å². The first-order chi connectivity index (χ1) is 14.5. The van der Waals surface area contributed by atoms with E-state index in [2.05, 4.69) is 30.5 Å². The molecule has 1 fully saturated rings. The lowest BCUT2D eigenvalue weighted by Gasteiger charge is -2.22. The highest BCUT2D eigenvalue weighted by atomic mass is 16.1. The summed E-state index contributed by atoms with van der Waals surface area (Å²) in [5.41, 5.74) is 7.17. The molecule has 1 saturated heterocycles. The van der Waals surface area contributed by atoms with Gasteiger partial charge in [-0.1, -0.05) is 19.1 Å². The van der Waals surface area contributed by atoms with Crippen LogP contribution < -0.4 is 10.6 Å². The molecule has 1 aromatic carbocycles. The van der Waals surface area contributed by atoms with Crippen molar-refractivity contribution >= 4 is 11.6 Å². The molecule has 158 valence electrons. The SMILES string of the molecule is CCc1nn2c(C)cc(C)nc2c1Cc1ccc(C(=O)NCC2CCNCC2)cc1. The van der Waals surface area contributed by atoms with E-state index in [0.717, 1.165) is 73.6 Å². The quantitative estimate of drug-likeness (QED) is 0.661. The predicted octanol–water partition coefficient (Wildman–Crippen LogP) is 3.23. The molecule has 0 bridgehead atoms. The fourth-order valence-corrected chi connectivity index (χ4v) is 4.28. The van der Waals surface area contributed by atoms with E-state index >= 15 is 0 Å². The molecule has 0 aliphatic carbocycles. The number of carbonyl (C=O) groups is 1. The van der Waals surface area contributed by atoms with Crippen LogP contribution in [0, 0.1) is 19.8 Å². The molecule has 0 unspecified atom stereocenters. The Hall–Kier alpha value is -2.73. The van der Waals surface area contributed by atoms with E-state index in [1.54, 1.807) is 0 Å². The summed E-state index contributed by atoms with van der Waals surface area (Å²) in [6, 6.07) is 10.00. The van der Waals surface area contributed by atoms with E-state index in [9.17, 15) is 4.79 Å². The van der Waals surface area contributed by atoms with Crippen LogP contribution in [-0.2, 0) is 12.8 Å². The molecule has 0 atom stereocenters. The number of aryl methyl sites for hydroxylation is 3. The Bertz CT molecular complexity index is 1030. The van der Waals surface area contributed by atoms with E-state index in [4.69, 9.17) is 10.1 Å². The normalized spacial score (nSPS) is 14.9. The second-order valence-electron chi connectivity index (χ2n) is 8.33. The van der Waals surface area contributed by atoms with E-state index in [1.807, 2.05) is 35.7 Å². The maximum Gasteiger partial charge on any atom is 0.251 e. The molecule has 3 aromatic rings. The molecule has 1 amide bonds. The first-order valence-electron chi connectivity index (χ1n) is 11.0. The lowest BCUT2D eigenvalue weighted by atomic mass is 9.98. The maximum absolute atomic E-state index is 12.5. The van der Waals surface area contributed by atoms with Gasteiger partial charge >= 0.3 is 0 Å². The van der Waals surface area contributed by atoms with Crippen LogP contribution >= 0.6 is 0 Å². The van der Waals surface area contributed by atoms with Crippen molar-refractivity contribution < 1.29 is 4.79 Å². The fourth-order valence-electron chi connectivity index (χ4n) is 4.28. The van der Waals surface area contributed by atoms with Gasteiger partial charge in [-0.3, -0.25) is 4.79 Å². The molecule has 0 radical (unpaired) electrons. The second-order valence-corrected chi connectivity index (χ2v) is 8.33. The number of nitrogens with one attached hydrogen (secondary N) is 2. The number of amides is 1. The van der Waals surface area contributed by atoms with Crippen LogP contribution in [0.4, 0.5) is 0 Å². The van der Waals surface area contributed by atoms with E-state index in [1.165, 1.54) is 5.56 Å². The molecule has 30 heavy (non-hydrogen) atoms. The zero-order chi connectivity index (χ0) is 21.1. The van der Waals surface area contributed by atoms with Gasteiger partial charge in [0.25, 0.3) is 5.91 Å². The Morgan fingerprint density at radius 1 is 1.20 bits per heavy atom. The van der Waals surface area contributed by atoms with Crippen molar-refractivity contribution in [3.63, 3.8) is 0 Å². The summed E-state index contributed by atoms with van der Waals surface area (Å²) in [5, 5.41) is 11.2. The highest BCUT2D eigenvalue weighted by Crippen LogP contribution is 2.21. The van der Waals surface area contributed by atoms with Crippen molar-refractivity contribution in [2.45, 2.75) is 46.5 Å². The number of piperidine rings is 1. The molecule has 6 heteroatoms. The van der Waals surface area contributed by atoms with Gasteiger partial charge in [0.15, 0.2) is 5.65 Å². The Kier molecular flexibility index (Phi) is 6.13. The lowest BCUT2D eigenvalue weighted by Crippen LogP contribution is -2.35. The second kappa shape index (κ2) is 8.96. The first-order valence-corrected chi connectivity index (χ1v) is 11.0. The van der Waals surface area contributed by atoms with Gasteiger partial charge in [0.05, 0.1) is 5.69 Å². The number of nitrogens with zero attached hydrogens (tertiary/aromatic N) is 3. The lowest BCUT2D eigenvalue weighted by molar-refractivity contribution is 0.0944. The Labute approximate surface area is 178 Å². The Morgan fingerprint density at radius 2 is 1.93 bits per heavy atom. The summed E-state index contributed by atoms with van der Waals surface area (Å²) in [5.74, 6) is 0.593. The monoisotopic (exact) mass is 405 g/mol. The molecule has 0 spiro atoms. The molecular weight excluding hydrogens is 374 g/mol. The first kappa shape index (κ1) is 20.5. The van der Waals surface area contributed by atoms with Gasteiger partial charge in [0, 0.05) is 35.5 Å². The van der Waals surface area contributed by atoms with Gasteiger partial charge in [-0.15, -0.1) is 0 Å². The zero-order valence-electron chi connectivity index (χ0n) is 18.2. The van der Waals surface area contributed by atoms with E-state index in [0.29, 0.717) is 11.5 Å². The molecule has 4 rings (SSSR count). The molecule has 1 aliphatic rings. The third-order valence-corrected chi connectivity index (χ3v) is 6.02. The molecule has 1 aliphatic heterocycles. The number of benzene rings is 1. The Morgan fingerprint density at radius 3 is 2.63 bits per heavy atom. The largest absolute Gasteiger partial charge is 0.352 e. The fraction of sp³-hybridized carbons (Fsp3) is 0.458. The summed E-state index contributed by atoms with van der Waals surface area (Å²) in [4.78, 5) is 17.3. The predicted molar refractivity (Wildman–Crippen MR) is 119 cm³/mol. The van der Waals surface area contributed by atoms with E-state index in [-0.39, 0.29) is 5.91 Å². The van der Waals surface area contributed by atoms with Crippen molar-refractivity contribution in [1.82, 2.24) is 25.2 Å². The average molecular weight is 406 g/mol. The third kappa shape index (κ3) is 4.38. The number of hydrogen-bond donors (Lipinski definition) is 2. The van der Waals surface area contributed by atoms with Crippen LogP contribution in [0.2, 0.25) is 0 Å². The summed E-state index contributed by atoms with van der Waals surface area (Å²) in [6.45, 7) is 9.07. The number of fused-ring (bicyclic) bond motifs is 1. The molecule has 0 saturated carbocycles. The molecule has 3 heterocycles. The van der Waals surface area contributed by atoms with Crippen LogP contribution in [-0.4, -0.2) is 40.1 Å². The number of rotatable bonds is 6. The molecule has 2 aromatic heterocycles. The van der Waals surface area contributed by atoms with E-state index < -0.39 is 0 Å². The van der Waals surface area contributed by atoms with Crippen LogP contribution in [0.1, 0.15) is 58.3 Å². The summed E-state index contributed by atoms with van der Waals surface area (Å²) >= 11 is 0. The summed E-state index contributed by atoms with van der Waals surface area (Å²) in [6.07, 6.45) is 3.89. The topological polar surface area (TPSA) is 71.3 Å². The minimum Gasteiger partial charge on any atom is -0.352 e. The summed E-state index contributed by atoms with van der Waals surface area (Å²) < 4.78 is 1.95. The van der Waals surface area contributed by atoms with Crippen molar-refractivity contribution in [2.75, 3.05) is 19.6 Å². The number of hydrogen-bond acceptors (Lipinski definition) is 4. The zero-order valence-corrected chi connectivity index (χ0v) is 18.2. The maximum atomic E-state index is 12.5. The van der Waals surface area contributed by atoms with Gasteiger partial charge < -0.3 is 10.6 Å². The molecular formula is C24H31N5O. The number of carbonyl (C=O) groups excluding carboxylic acids is 1. The van der Waals surface area contributed by atoms with Crippen LogP contribution in [0.5, 0.6) is 0 Å². The van der Waals surface area contributed by atoms with Crippen molar-refractivity contribution in [3.05, 3.63) is 64.1 Å². The average Bonchev–Trinajstić information content (AvgIpc) is 3.11. The van der Waals surface area contributed by atoms with Gasteiger partial charge in [-0.05, 0) is 75.9 Å². The van der Waals surface area contributed by atoms with Gasteiger partial charge in [0.2, 0.25) is 0 Å². The van der Waals surface area contributed by atoms with Crippen LogP contribution in [0.3, 0.4) is 0 Å². The summed E-state index contributed by atoms with van der Waals surface area (Å²) in [7, 11) is 0. The van der Waals surface area contributed by atoms with Crippen LogP contribution in [0.25, 0.3) is 5.65 Å². The highest BCUT2D eigenvalue weighted by Gasteiger charge is 2.17. The molecule has 2 N–H and O–H groups in total.